The van der Waals surface area contributed by atoms with Crippen LogP contribution in [0, 0.1) is 5.92 Å². The molecular weight excluding hydrogens is 418 g/mol. The summed E-state index contributed by atoms with van der Waals surface area (Å²) in [7, 11) is 3.21. The van der Waals surface area contributed by atoms with Gasteiger partial charge in [0.2, 0.25) is 11.6 Å². The topological polar surface area (TPSA) is 123 Å². The maximum atomic E-state index is 12.3. The fraction of sp³-hybridized carbons (Fsp3) is 0.476. The summed E-state index contributed by atoms with van der Waals surface area (Å²) in [5, 5.41) is 16.9. The zero-order chi connectivity index (χ0) is 22.9. The quantitative estimate of drug-likeness (QED) is 0.432. The van der Waals surface area contributed by atoms with Crippen molar-refractivity contribution in [2.75, 3.05) is 24.7 Å². The monoisotopic (exact) mass is 447 g/mol. The van der Waals surface area contributed by atoms with Crippen LogP contribution in [0.5, 0.6) is 5.75 Å². The third-order valence-corrected chi connectivity index (χ3v) is 6.02. The number of phenolic OH excluding ortho intramolecular Hbond substituents is 1. The fourth-order valence-corrected chi connectivity index (χ4v) is 4.11. The summed E-state index contributed by atoms with van der Waals surface area (Å²) in [4.78, 5) is 13.7. The van der Waals surface area contributed by atoms with E-state index < -0.39 is 11.1 Å². The Kier molecular flexibility index (Phi) is 6.71. The Hall–Kier alpha value is -2.85. The van der Waals surface area contributed by atoms with Gasteiger partial charge in [0.05, 0.1) is 23.1 Å². The van der Waals surface area contributed by atoms with Gasteiger partial charge in [-0.05, 0) is 37.5 Å². The van der Waals surface area contributed by atoms with Crippen LogP contribution in [0.2, 0.25) is 0 Å². The summed E-state index contributed by atoms with van der Waals surface area (Å²) in [6, 6.07) is 4.70. The number of aromatic hydroxyl groups is 1. The van der Waals surface area contributed by atoms with E-state index in [1.165, 1.54) is 16.5 Å². The van der Waals surface area contributed by atoms with Crippen LogP contribution in [0.15, 0.2) is 29.5 Å². The molecule has 0 saturated heterocycles. The van der Waals surface area contributed by atoms with E-state index in [1.54, 1.807) is 26.2 Å². The normalized spacial score (nSPS) is 17.5. The van der Waals surface area contributed by atoms with E-state index in [9.17, 15) is 14.5 Å². The molecule has 0 spiro atoms. The van der Waals surface area contributed by atoms with Crippen molar-refractivity contribution in [2.24, 2.45) is 5.92 Å². The third kappa shape index (κ3) is 4.91. The van der Waals surface area contributed by atoms with Gasteiger partial charge in [-0.1, -0.05) is 19.9 Å². The number of para-hydroxylation sites is 1. The summed E-state index contributed by atoms with van der Waals surface area (Å²) in [6.45, 7) is 8.15. The molecule has 3 N–H and O–H groups in total. The first-order chi connectivity index (χ1) is 14.6. The van der Waals surface area contributed by atoms with Crippen LogP contribution in [0.1, 0.15) is 44.5 Å². The van der Waals surface area contributed by atoms with Crippen molar-refractivity contribution in [3.8, 4) is 5.75 Å². The van der Waals surface area contributed by atoms with Crippen LogP contribution in [0.3, 0.4) is 0 Å². The molecule has 3 rings (SSSR count). The number of aromatic nitrogens is 2. The van der Waals surface area contributed by atoms with Crippen molar-refractivity contribution in [1.29, 1.82) is 0 Å². The largest absolute Gasteiger partial charge is 0.546 e. The molecule has 2 aromatic rings. The lowest BCUT2D eigenvalue weighted by Gasteiger charge is -2.28. The molecule has 1 aromatic heterocycles. The number of hydrogen-bond acceptors (Lipinski definition) is 8. The lowest BCUT2D eigenvalue weighted by atomic mass is 9.95. The van der Waals surface area contributed by atoms with E-state index in [4.69, 9.17) is 4.74 Å². The fourth-order valence-electron chi connectivity index (χ4n) is 3.49. The van der Waals surface area contributed by atoms with Crippen molar-refractivity contribution in [3.05, 3.63) is 35.1 Å². The van der Waals surface area contributed by atoms with Crippen LogP contribution in [0.4, 0.5) is 17.3 Å². The van der Waals surface area contributed by atoms with Crippen LogP contribution in [-0.2, 0) is 4.74 Å². The van der Waals surface area contributed by atoms with E-state index in [1.807, 2.05) is 13.8 Å². The Morgan fingerprint density at radius 3 is 2.55 bits per heavy atom. The summed E-state index contributed by atoms with van der Waals surface area (Å²) >= 11 is -1.79. The predicted octanol–water partition coefficient (Wildman–Crippen LogP) is 3.87. The zero-order valence-corrected chi connectivity index (χ0v) is 19.4. The molecule has 0 aliphatic carbocycles. The number of nitrogens with one attached hydrogen (secondary N) is 2. The van der Waals surface area contributed by atoms with Gasteiger partial charge in [0.15, 0.2) is 16.9 Å². The van der Waals surface area contributed by atoms with Gasteiger partial charge >= 0.3 is 0 Å². The number of phenols is 1. The van der Waals surface area contributed by atoms with Crippen LogP contribution in [0.25, 0.3) is 0 Å². The minimum Gasteiger partial charge on any atom is -0.546 e. The number of amides is 1. The number of hydrogen-bond donors (Lipinski definition) is 3. The van der Waals surface area contributed by atoms with Crippen molar-refractivity contribution >= 4 is 34.4 Å². The van der Waals surface area contributed by atoms with E-state index in [0.29, 0.717) is 5.82 Å². The molecule has 2 unspecified atom stereocenters. The summed E-state index contributed by atoms with van der Waals surface area (Å²) < 4.78 is 26.2. The summed E-state index contributed by atoms with van der Waals surface area (Å²) in [6.07, 6.45) is 0.723. The first-order valence-electron chi connectivity index (χ1n) is 10.1. The lowest BCUT2D eigenvalue weighted by Crippen LogP contribution is -2.38. The van der Waals surface area contributed by atoms with Gasteiger partial charge in [-0.15, -0.1) is 0 Å². The van der Waals surface area contributed by atoms with Gasteiger partial charge in [-0.3, -0.25) is 4.79 Å². The Labute approximate surface area is 185 Å². The highest BCUT2D eigenvalue weighted by molar-refractivity contribution is 7.14. The molecule has 0 radical (unpaired) electrons. The predicted molar refractivity (Wildman–Crippen MR) is 120 cm³/mol. The molecule has 168 valence electrons. The number of ether oxygens (including phenoxy) is 1. The van der Waals surface area contributed by atoms with Gasteiger partial charge in [-0.25, -0.2) is 0 Å². The second-order valence-corrected chi connectivity index (χ2v) is 9.07. The van der Waals surface area contributed by atoms with Gasteiger partial charge in [0.25, 0.3) is 5.91 Å². The summed E-state index contributed by atoms with van der Waals surface area (Å²) in [5.74, 6) is 1.14. The molecule has 10 heteroatoms. The Morgan fingerprint density at radius 2 is 1.97 bits per heavy atom. The number of rotatable bonds is 7. The zero-order valence-electron chi connectivity index (χ0n) is 18.6. The van der Waals surface area contributed by atoms with Gasteiger partial charge < -0.3 is 29.9 Å². The molecule has 2 heterocycles. The van der Waals surface area contributed by atoms with Gasteiger partial charge in [0, 0.05) is 29.3 Å². The van der Waals surface area contributed by atoms with Crippen LogP contribution < -0.4 is 10.6 Å². The minimum absolute atomic E-state index is 0.0765. The number of carbonyl (C=O) groups excluding carboxylic acids is 1. The van der Waals surface area contributed by atoms with Crippen molar-refractivity contribution in [2.45, 2.75) is 46.3 Å². The molecule has 1 aliphatic rings. The molecule has 1 aromatic carbocycles. The Balaban J connectivity index is 1.86. The molecule has 3 atom stereocenters. The second-order valence-electron chi connectivity index (χ2n) is 8.25. The van der Waals surface area contributed by atoms with E-state index in [0.717, 1.165) is 12.2 Å². The Bertz CT molecular complexity index is 988. The third-order valence-electron chi connectivity index (χ3n) is 5.35. The average molecular weight is 448 g/mol. The van der Waals surface area contributed by atoms with Crippen molar-refractivity contribution < 1.29 is 19.2 Å². The molecule has 0 saturated carbocycles. The number of anilines is 3. The lowest BCUT2D eigenvalue weighted by molar-refractivity contribution is 0.0824. The highest BCUT2D eigenvalue weighted by Gasteiger charge is 2.33. The molecule has 0 fully saturated rings. The molecule has 0 bridgehead atoms. The van der Waals surface area contributed by atoms with E-state index in [-0.39, 0.29) is 46.8 Å². The maximum Gasteiger partial charge on any atom is 0.257 e. The standard InChI is InChI=1S/C21H29N5O4S/c1-11(2)17(16-10-12(3)13(4)30-16)23-20-19(24-31(29)25-20)22-15-9-7-8-14(18(15)27)21(28)26(5)6/h7-9,11,16-17,27H,10H2,1-6H3,(H,22,24)(H,23,25)/t16?,17-,31?/m1/s1. The molecule has 31 heavy (non-hydrogen) atoms. The van der Waals surface area contributed by atoms with Crippen LogP contribution in [-0.4, -0.2) is 55.5 Å². The molecule has 1 aliphatic heterocycles. The number of nitrogens with zero attached hydrogens (tertiary/aromatic N) is 3. The number of allylic oxidation sites excluding steroid dienone is 1. The molecule has 1 amide bonds. The first kappa shape index (κ1) is 22.8. The highest BCUT2D eigenvalue weighted by Crippen LogP contribution is 2.36. The first-order valence-corrected chi connectivity index (χ1v) is 11.1. The van der Waals surface area contributed by atoms with Crippen molar-refractivity contribution in [3.63, 3.8) is 0 Å². The van der Waals surface area contributed by atoms with Gasteiger partial charge in [0.1, 0.15) is 6.10 Å². The van der Waals surface area contributed by atoms with Crippen molar-refractivity contribution in [1.82, 2.24) is 13.6 Å². The van der Waals surface area contributed by atoms with Gasteiger partial charge in [-0.2, -0.15) is 0 Å². The van der Waals surface area contributed by atoms with Crippen LogP contribution >= 0.6 is 11.1 Å². The maximum absolute atomic E-state index is 12.3. The molecule has 9 nitrogen and oxygen atoms in total. The average Bonchev–Trinajstić information content (AvgIpc) is 3.21. The number of carbonyl (C=O) groups is 1. The highest BCUT2D eigenvalue weighted by atomic mass is 32.2. The van der Waals surface area contributed by atoms with E-state index in [2.05, 4.69) is 33.2 Å². The van der Waals surface area contributed by atoms with E-state index >= 15 is 0 Å². The SMILES string of the molecule is CC1=C(C)OC([C@H](Nc2n[s+]([O-])nc2Nc2cccc(C(=O)N(C)C)c2O)C(C)C)C1. The summed E-state index contributed by atoms with van der Waals surface area (Å²) in [5.41, 5.74) is 1.62. The second kappa shape index (κ2) is 9.11. The number of benzene rings is 1. The minimum atomic E-state index is -1.79. The molecular formula is C21H29N5O4S. The Morgan fingerprint density at radius 1 is 1.29 bits per heavy atom. The smallest absolute Gasteiger partial charge is 0.257 e.